The Morgan fingerprint density at radius 2 is 1.89 bits per heavy atom. The van der Waals surface area contributed by atoms with Gasteiger partial charge in [0.1, 0.15) is 0 Å². The number of hydrogen-bond donors (Lipinski definition) is 2. The molecule has 0 aromatic heterocycles. The largest absolute Gasteiger partial charge is 0.393 e. The lowest BCUT2D eigenvalue weighted by molar-refractivity contribution is 0.113. The van der Waals surface area contributed by atoms with E-state index in [1.54, 1.807) is 0 Å². The highest BCUT2D eigenvalue weighted by molar-refractivity contribution is 7.84. The SMILES string of the molecule is CN([C@@H]1C[C@H](O)CC12CCNCC2)[S@](=O)C(C)(C)C. The molecule has 0 amide bonds. The average molecular weight is 288 g/mol. The van der Waals surface area contributed by atoms with Crippen molar-refractivity contribution < 1.29 is 9.32 Å². The number of aliphatic hydroxyl groups is 1. The van der Waals surface area contributed by atoms with E-state index in [-0.39, 0.29) is 22.3 Å². The average Bonchev–Trinajstić information content (AvgIpc) is 2.63. The van der Waals surface area contributed by atoms with E-state index in [1.807, 2.05) is 32.1 Å². The third-order valence-corrected chi connectivity index (χ3v) is 6.49. The molecule has 1 aliphatic heterocycles. The quantitative estimate of drug-likeness (QED) is 0.805. The van der Waals surface area contributed by atoms with Crippen molar-refractivity contribution in [2.45, 2.75) is 63.3 Å². The summed E-state index contributed by atoms with van der Waals surface area (Å²) in [7, 11) is 0.953. The topological polar surface area (TPSA) is 52.6 Å². The minimum absolute atomic E-state index is 0.153. The first-order valence-electron chi connectivity index (χ1n) is 7.30. The van der Waals surface area contributed by atoms with Gasteiger partial charge in [-0.1, -0.05) is 0 Å². The van der Waals surface area contributed by atoms with E-state index >= 15 is 0 Å². The van der Waals surface area contributed by atoms with Crippen LogP contribution in [0.4, 0.5) is 0 Å². The highest BCUT2D eigenvalue weighted by Crippen LogP contribution is 2.48. The van der Waals surface area contributed by atoms with E-state index in [9.17, 15) is 9.32 Å². The van der Waals surface area contributed by atoms with Gasteiger partial charge in [-0.15, -0.1) is 0 Å². The van der Waals surface area contributed by atoms with Crippen LogP contribution in [-0.4, -0.2) is 50.7 Å². The van der Waals surface area contributed by atoms with Crippen LogP contribution in [0.15, 0.2) is 0 Å². The van der Waals surface area contributed by atoms with Crippen LogP contribution >= 0.6 is 0 Å². The maximum atomic E-state index is 12.6. The van der Waals surface area contributed by atoms with Gasteiger partial charge in [0.2, 0.25) is 0 Å². The third-order valence-electron chi connectivity index (χ3n) is 4.67. The van der Waals surface area contributed by atoms with Gasteiger partial charge >= 0.3 is 0 Å². The molecule has 0 radical (unpaired) electrons. The van der Waals surface area contributed by atoms with E-state index in [1.165, 1.54) is 0 Å². The van der Waals surface area contributed by atoms with E-state index < -0.39 is 11.0 Å². The van der Waals surface area contributed by atoms with Crippen LogP contribution in [0.1, 0.15) is 46.5 Å². The second-order valence-corrected chi connectivity index (χ2v) is 9.43. The fourth-order valence-electron chi connectivity index (χ4n) is 3.74. The number of nitrogens with one attached hydrogen (secondary N) is 1. The molecule has 2 fully saturated rings. The Hall–Kier alpha value is 0.0300. The zero-order chi connectivity index (χ0) is 14.3. The number of piperidine rings is 1. The fraction of sp³-hybridized carbons (Fsp3) is 1.00. The summed E-state index contributed by atoms with van der Waals surface area (Å²) in [6.45, 7) is 8.07. The Bertz CT molecular complexity index is 348. The molecule has 1 saturated heterocycles. The smallest absolute Gasteiger partial charge is 0.0997 e. The van der Waals surface area contributed by atoms with Crippen molar-refractivity contribution in [3.05, 3.63) is 0 Å². The molecule has 2 N–H and O–H groups in total. The molecule has 2 rings (SSSR count). The van der Waals surface area contributed by atoms with Crippen LogP contribution in [-0.2, 0) is 11.0 Å². The first-order valence-corrected chi connectivity index (χ1v) is 8.40. The van der Waals surface area contributed by atoms with Crippen molar-refractivity contribution in [3.8, 4) is 0 Å². The van der Waals surface area contributed by atoms with Gasteiger partial charge < -0.3 is 10.4 Å². The fourth-order valence-corrected chi connectivity index (χ4v) is 5.14. The summed E-state index contributed by atoms with van der Waals surface area (Å²) >= 11 is 0. The molecule has 0 aromatic rings. The molecule has 0 bridgehead atoms. The van der Waals surface area contributed by atoms with Gasteiger partial charge in [-0.3, -0.25) is 0 Å². The standard InChI is InChI=1S/C14H28N2O2S/c1-13(2,3)19(18)16(4)12-9-11(17)10-14(12)5-7-15-8-6-14/h11-12,15,17H,5-10H2,1-4H3/t11-,12+,19+/m0/s1. The minimum atomic E-state index is -1.01. The molecule has 2 aliphatic rings. The van der Waals surface area contributed by atoms with Crippen LogP contribution < -0.4 is 5.32 Å². The number of aliphatic hydroxyl groups excluding tert-OH is 1. The van der Waals surface area contributed by atoms with E-state index in [0.29, 0.717) is 0 Å². The van der Waals surface area contributed by atoms with Crippen LogP contribution in [0, 0.1) is 5.41 Å². The van der Waals surface area contributed by atoms with Crippen molar-refractivity contribution in [1.82, 2.24) is 9.62 Å². The third kappa shape index (κ3) is 3.04. The first kappa shape index (κ1) is 15.4. The zero-order valence-corrected chi connectivity index (χ0v) is 13.4. The maximum Gasteiger partial charge on any atom is 0.0997 e. The van der Waals surface area contributed by atoms with Gasteiger partial charge in [0, 0.05) is 13.1 Å². The predicted octanol–water partition coefficient (Wildman–Crippen LogP) is 1.27. The van der Waals surface area contributed by atoms with Crippen molar-refractivity contribution in [3.63, 3.8) is 0 Å². The van der Waals surface area contributed by atoms with Crippen LogP contribution in [0.2, 0.25) is 0 Å². The van der Waals surface area contributed by atoms with E-state index in [4.69, 9.17) is 0 Å². The number of hydrogen-bond acceptors (Lipinski definition) is 3. The van der Waals surface area contributed by atoms with Gasteiger partial charge in [-0.2, -0.15) is 0 Å². The summed E-state index contributed by atoms with van der Waals surface area (Å²) in [5.41, 5.74) is 0.153. The molecule has 4 nitrogen and oxygen atoms in total. The summed E-state index contributed by atoms with van der Waals surface area (Å²) in [5.74, 6) is 0. The van der Waals surface area contributed by atoms with Crippen LogP contribution in [0.3, 0.4) is 0 Å². The first-order chi connectivity index (χ1) is 8.76. The molecule has 1 saturated carbocycles. The van der Waals surface area contributed by atoms with Crippen molar-refractivity contribution in [2.24, 2.45) is 5.41 Å². The lowest BCUT2D eigenvalue weighted by atomic mass is 9.74. The molecule has 1 spiro atoms. The molecule has 1 aliphatic carbocycles. The Labute approximate surface area is 119 Å². The number of rotatable bonds is 2. The summed E-state index contributed by atoms with van der Waals surface area (Å²) in [6.07, 6.45) is 3.56. The summed E-state index contributed by atoms with van der Waals surface area (Å²) in [5, 5.41) is 13.5. The van der Waals surface area contributed by atoms with E-state index in [0.717, 1.165) is 38.8 Å². The monoisotopic (exact) mass is 288 g/mol. The van der Waals surface area contributed by atoms with Gasteiger partial charge in [0.25, 0.3) is 0 Å². The Morgan fingerprint density at radius 1 is 1.32 bits per heavy atom. The maximum absolute atomic E-state index is 12.6. The minimum Gasteiger partial charge on any atom is -0.393 e. The van der Waals surface area contributed by atoms with E-state index in [2.05, 4.69) is 5.32 Å². The predicted molar refractivity (Wildman–Crippen MR) is 79.2 cm³/mol. The highest BCUT2D eigenvalue weighted by atomic mass is 32.2. The lowest BCUT2D eigenvalue weighted by Gasteiger charge is -2.43. The lowest BCUT2D eigenvalue weighted by Crippen LogP contribution is -2.51. The zero-order valence-electron chi connectivity index (χ0n) is 12.6. The van der Waals surface area contributed by atoms with Crippen molar-refractivity contribution in [1.29, 1.82) is 0 Å². The Balaban J connectivity index is 2.19. The molecule has 0 aromatic carbocycles. The van der Waals surface area contributed by atoms with Crippen molar-refractivity contribution in [2.75, 3.05) is 20.1 Å². The van der Waals surface area contributed by atoms with Crippen LogP contribution in [0.25, 0.3) is 0 Å². The molecule has 3 atom stereocenters. The summed E-state index contributed by atoms with van der Waals surface area (Å²) in [6, 6.07) is 0.240. The Kier molecular flexibility index (Phi) is 4.41. The molecular formula is C14H28N2O2S. The van der Waals surface area contributed by atoms with Gasteiger partial charge in [0.05, 0.1) is 21.8 Å². The highest BCUT2D eigenvalue weighted by Gasteiger charge is 2.50. The molecular weight excluding hydrogens is 260 g/mol. The van der Waals surface area contributed by atoms with Gasteiger partial charge in [0.15, 0.2) is 0 Å². The van der Waals surface area contributed by atoms with Gasteiger partial charge in [-0.05, 0) is 65.0 Å². The Morgan fingerprint density at radius 3 is 2.42 bits per heavy atom. The molecule has 0 unspecified atom stereocenters. The molecule has 112 valence electrons. The van der Waals surface area contributed by atoms with Crippen molar-refractivity contribution >= 4 is 11.0 Å². The van der Waals surface area contributed by atoms with Crippen LogP contribution in [0.5, 0.6) is 0 Å². The molecule has 1 heterocycles. The normalized spacial score (nSPS) is 32.9. The molecule has 19 heavy (non-hydrogen) atoms. The number of nitrogens with zero attached hydrogens (tertiary/aromatic N) is 1. The summed E-state index contributed by atoms with van der Waals surface area (Å²) in [4.78, 5) is 0. The second kappa shape index (κ2) is 5.43. The molecule has 5 heteroatoms. The second-order valence-electron chi connectivity index (χ2n) is 7.13. The summed E-state index contributed by atoms with van der Waals surface area (Å²) < 4.78 is 14.4. The van der Waals surface area contributed by atoms with Gasteiger partial charge in [-0.25, -0.2) is 8.51 Å².